The molecule has 146 valence electrons. The van der Waals surface area contributed by atoms with Crippen LogP contribution >= 0.6 is 0 Å². The van der Waals surface area contributed by atoms with E-state index in [0.29, 0.717) is 36.3 Å². The largest absolute Gasteiger partial charge is 0.493 e. The predicted octanol–water partition coefficient (Wildman–Crippen LogP) is 3.06. The third-order valence-corrected chi connectivity index (χ3v) is 4.13. The number of rotatable bonds is 7. The van der Waals surface area contributed by atoms with Crippen LogP contribution in [0.2, 0.25) is 0 Å². The molecule has 2 aromatic rings. The number of guanidine groups is 1. The molecule has 0 spiro atoms. The van der Waals surface area contributed by atoms with Crippen molar-refractivity contribution in [1.29, 1.82) is 0 Å². The van der Waals surface area contributed by atoms with E-state index in [1.165, 1.54) is 12.1 Å². The first kappa shape index (κ1) is 20.4. The quantitative estimate of drug-likeness (QED) is 0.595. The second-order valence-corrected chi connectivity index (χ2v) is 5.88. The molecule has 0 aliphatic carbocycles. The van der Waals surface area contributed by atoms with Crippen LogP contribution in [-0.2, 0) is 13.1 Å². The maximum Gasteiger partial charge on any atom is 0.203 e. The monoisotopic (exact) mass is 375 g/mol. The van der Waals surface area contributed by atoms with Crippen LogP contribution in [-0.4, -0.2) is 46.3 Å². The zero-order valence-electron chi connectivity index (χ0n) is 16.4. The van der Waals surface area contributed by atoms with Gasteiger partial charge in [0.1, 0.15) is 5.82 Å². The molecule has 0 aliphatic rings. The minimum atomic E-state index is -0.246. The third kappa shape index (κ3) is 5.03. The van der Waals surface area contributed by atoms with Gasteiger partial charge in [-0.05, 0) is 29.8 Å². The molecule has 0 bridgehead atoms. The Morgan fingerprint density at radius 2 is 1.67 bits per heavy atom. The summed E-state index contributed by atoms with van der Waals surface area (Å²) in [6.07, 6.45) is 0. The highest BCUT2D eigenvalue weighted by Gasteiger charge is 2.16. The molecule has 0 aliphatic heterocycles. The van der Waals surface area contributed by atoms with E-state index in [1.54, 1.807) is 40.5 Å². The van der Waals surface area contributed by atoms with Crippen LogP contribution in [0, 0.1) is 5.82 Å². The minimum Gasteiger partial charge on any atom is -0.493 e. The zero-order valence-corrected chi connectivity index (χ0v) is 16.4. The number of benzene rings is 2. The molecule has 1 N–H and O–H groups in total. The van der Waals surface area contributed by atoms with Gasteiger partial charge in [0.25, 0.3) is 0 Å². The average molecular weight is 375 g/mol. The number of nitrogens with zero attached hydrogens (tertiary/aromatic N) is 2. The number of aliphatic imine (C=N–C) groups is 1. The van der Waals surface area contributed by atoms with Crippen molar-refractivity contribution in [3.8, 4) is 17.2 Å². The Hall–Kier alpha value is -2.96. The van der Waals surface area contributed by atoms with Crippen molar-refractivity contribution in [3.05, 3.63) is 53.3 Å². The first-order valence-electron chi connectivity index (χ1n) is 8.48. The Balaban J connectivity index is 2.10. The highest BCUT2D eigenvalue weighted by atomic mass is 19.1. The Kier molecular flexibility index (Phi) is 7.28. The first-order chi connectivity index (χ1) is 13.0. The summed E-state index contributed by atoms with van der Waals surface area (Å²) in [5.41, 5.74) is 1.90. The van der Waals surface area contributed by atoms with E-state index < -0.39 is 0 Å². The molecule has 0 saturated heterocycles. The molecule has 0 radical (unpaired) electrons. The van der Waals surface area contributed by atoms with Crippen LogP contribution in [0.3, 0.4) is 0 Å². The van der Waals surface area contributed by atoms with Crippen molar-refractivity contribution in [2.24, 2.45) is 4.99 Å². The van der Waals surface area contributed by atoms with Crippen molar-refractivity contribution in [3.63, 3.8) is 0 Å². The molecular formula is C20H26FN3O3. The van der Waals surface area contributed by atoms with Gasteiger partial charge in [0.15, 0.2) is 17.5 Å². The van der Waals surface area contributed by atoms with Gasteiger partial charge in [0, 0.05) is 32.7 Å². The maximum atomic E-state index is 13.1. The van der Waals surface area contributed by atoms with Crippen molar-refractivity contribution < 1.29 is 18.6 Å². The molecule has 0 saturated carbocycles. The van der Waals surface area contributed by atoms with Crippen LogP contribution in [0.1, 0.15) is 11.1 Å². The molecular weight excluding hydrogens is 349 g/mol. The van der Waals surface area contributed by atoms with Crippen molar-refractivity contribution >= 4 is 5.96 Å². The van der Waals surface area contributed by atoms with E-state index >= 15 is 0 Å². The summed E-state index contributed by atoms with van der Waals surface area (Å²) >= 11 is 0. The molecule has 6 nitrogen and oxygen atoms in total. The summed E-state index contributed by atoms with van der Waals surface area (Å²) < 4.78 is 29.3. The van der Waals surface area contributed by atoms with E-state index in [4.69, 9.17) is 14.2 Å². The lowest BCUT2D eigenvalue weighted by Gasteiger charge is -2.23. The van der Waals surface area contributed by atoms with Crippen LogP contribution in [0.25, 0.3) is 0 Å². The van der Waals surface area contributed by atoms with Gasteiger partial charge in [0.2, 0.25) is 5.75 Å². The van der Waals surface area contributed by atoms with E-state index in [-0.39, 0.29) is 5.82 Å². The molecule has 0 aromatic heterocycles. The molecule has 7 heteroatoms. The second kappa shape index (κ2) is 9.66. The lowest BCUT2D eigenvalue weighted by molar-refractivity contribution is 0.322. The standard InChI is InChI=1S/C20H26FN3O3/c1-22-20(24(2)13-14-6-9-16(21)10-7-14)23-12-15-8-11-17(25-3)19(27-5)18(15)26-4/h6-11H,12-13H2,1-5H3,(H,22,23). The Morgan fingerprint density at radius 3 is 2.22 bits per heavy atom. The van der Waals surface area contributed by atoms with Crippen molar-refractivity contribution in [2.75, 3.05) is 35.4 Å². The van der Waals surface area contributed by atoms with E-state index in [0.717, 1.165) is 11.1 Å². The number of methoxy groups -OCH3 is 3. The van der Waals surface area contributed by atoms with Crippen molar-refractivity contribution in [1.82, 2.24) is 10.2 Å². The van der Waals surface area contributed by atoms with Gasteiger partial charge in [-0.15, -0.1) is 0 Å². The van der Waals surface area contributed by atoms with Crippen LogP contribution in [0.4, 0.5) is 4.39 Å². The fraction of sp³-hybridized carbons (Fsp3) is 0.350. The van der Waals surface area contributed by atoms with Crippen LogP contribution in [0.15, 0.2) is 41.4 Å². The van der Waals surface area contributed by atoms with Gasteiger partial charge < -0.3 is 24.4 Å². The van der Waals surface area contributed by atoms with Gasteiger partial charge in [-0.25, -0.2) is 4.39 Å². The zero-order chi connectivity index (χ0) is 19.8. The molecule has 0 heterocycles. The molecule has 27 heavy (non-hydrogen) atoms. The molecule has 2 rings (SSSR count). The summed E-state index contributed by atoms with van der Waals surface area (Å²) in [6, 6.07) is 10.2. The lowest BCUT2D eigenvalue weighted by atomic mass is 10.1. The molecule has 0 atom stereocenters. The van der Waals surface area contributed by atoms with Crippen LogP contribution in [0.5, 0.6) is 17.2 Å². The van der Waals surface area contributed by atoms with E-state index in [2.05, 4.69) is 10.3 Å². The summed E-state index contributed by atoms with van der Waals surface area (Å²) in [7, 11) is 8.39. The fourth-order valence-electron chi connectivity index (χ4n) is 2.80. The Labute approximate surface area is 159 Å². The number of ether oxygens (including phenoxy) is 3. The summed E-state index contributed by atoms with van der Waals surface area (Å²) in [4.78, 5) is 6.27. The number of hydrogen-bond acceptors (Lipinski definition) is 4. The van der Waals surface area contributed by atoms with Gasteiger partial charge >= 0.3 is 0 Å². The highest BCUT2D eigenvalue weighted by molar-refractivity contribution is 5.79. The average Bonchev–Trinajstić information content (AvgIpc) is 2.69. The number of hydrogen-bond donors (Lipinski definition) is 1. The van der Waals surface area contributed by atoms with Gasteiger partial charge in [0.05, 0.1) is 21.3 Å². The van der Waals surface area contributed by atoms with Gasteiger partial charge in [-0.2, -0.15) is 0 Å². The Morgan fingerprint density at radius 1 is 1.00 bits per heavy atom. The lowest BCUT2D eigenvalue weighted by Crippen LogP contribution is -2.38. The molecule has 0 unspecified atom stereocenters. The highest BCUT2D eigenvalue weighted by Crippen LogP contribution is 2.39. The van der Waals surface area contributed by atoms with Crippen LogP contribution < -0.4 is 19.5 Å². The van der Waals surface area contributed by atoms with Gasteiger partial charge in [-0.3, -0.25) is 4.99 Å². The molecule has 2 aromatic carbocycles. The smallest absolute Gasteiger partial charge is 0.203 e. The predicted molar refractivity (Wildman–Crippen MR) is 104 cm³/mol. The Bertz CT molecular complexity index is 779. The first-order valence-corrected chi connectivity index (χ1v) is 8.48. The summed E-state index contributed by atoms with van der Waals surface area (Å²) in [5.74, 6) is 2.23. The maximum absolute atomic E-state index is 13.1. The number of nitrogens with one attached hydrogen (secondary N) is 1. The van der Waals surface area contributed by atoms with Gasteiger partial charge in [-0.1, -0.05) is 12.1 Å². The summed E-state index contributed by atoms with van der Waals surface area (Å²) in [6.45, 7) is 1.09. The van der Waals surface area contributed by atoms with E-state index in [9.17, 15) is 4.39 Å². The molecule has 0 fully saturated rings. The molecule has 0 amide bonds. The topological polar surface area (TPSA) is 55.3 Å². The SMILES string of the molecule is CN=C(NCc1ccc(OC)c(OC)c1OC)N(C)Cc1ccc(F)cc1. The summed E-state index contributed by atoms with van der Waals surface area (Å²) in [5, 5.41) is 3.31. The second-order valence-electron chi connectivity index (χ2n) is 5.88. The third-order valence-electron chi connectivity index (χ3n) is 4.13. The van der Waals surface area contributed by atoms with Crippen molar-refractivity contribution in [2.45, 2.75) is 13.1 Å². The fourth-order valence-corrected chi connectivity index (χ4v) is 2.80. The van der Waals surface area contributed by atoms with E-state index in [1.807, 2.05) is 24.1 Å². The normalized spacial score (nSPS) is 11.1. The minimum absolute atomic E-state index is 0.246. The number of halogens is 1.